The highest BCUT2D eigenvalue weighted by molar-refractivity contribution is 5.02. The van der Waals surface area contributed by atoms with Crippen LogP contribution in [0.5, 0.6) is 0 Å². The molecule has 0 aliphatic heterocycles. The van der Waals surface area contributed by atoms with Crippen LogP contribution < -0.4 is 5.73 Å². The largest absolute Gasteiger partial charge is 0.468 e. The van der Waals surface area contributed by atoms with Crippen molar-refractivity contribution >= 4 is 0 Å². The molecule has 0 fully saturated rings. The van der Waals surface area contributed by atoms with Gasteiger partial charge in [0.05, 0.1) is 12.3 Å². The van der Waals surface area contributed by atoms with Crippen LogP contribution in [0.2, 0.25) is 0 Å². The maximum atomic E-state index is 6.05. The van der Waals surface area contributed by atoms with E-state index in [9.17, 15) is 0 Å². The van der Waals surface area contributed by atoms with Crippen LogP contribution in [0, 0.1) is 0 Å². The standard InChI is InChI=1S/C17H31NO/c1-2-3-4-5-6-7-8-9-10-11-13-16(18)17-14-12-15-19-17/h12,14-16H,2-11,13,18H2,1H3. The zero-order chi connectivity index (χ0) is 13.8. The molecule has 0 saturated heterocycles. The van der Waals surface area contributed by atoms with E-state index in [2.05, 4.69) is 6.92 Å². The molecule has 1 heterocycles. The molecule has 0 aliphatic rings. The third-order valence-corrected chi connectivity index (χ3v) is 3.78. The number of hydrogen-bond donors (Lipinski definition) is 1. The van der Waals surface area contributed by atoms with E-state index in [1.807, 2.05) is 12.1 Å². The van der Waals surface area contributed by atoms with Crippen LogP contribution in [-0.4, -0.2) is 0 Å². The number of rotatable bonds is 12. The Kier molecular flexibility index (Phi) is 9.52. The van der Waals surface area contributed by atoms with E-state index in [0.29, 0.717) is 0 Å². The van der Waals surface area contributed by atoms with E-state index in [1.54, 1.807) is 6.26 Å². The van der Waals surface area contributed by atoms with Gasteiger partial charge in [0, 0.05) is 0 Å². The summed E-state index contributed by atoms with van der Waals surface area (Å²) in [5, 5.41) is 0. The monoisotopic (exact) mass is 265 g/mol. The second kappa shape index (κ2) is 11.1. The molecule has 19 heavy (non-hydrogen) atoms. The van der Waals surface area contributed by atoms with Crippen molar-refractivity contribution in [1.29, 1.82) is 0 Å². The van der Waals surface area contributed by atoms with Crippen LogP contribution in [0.25, 0.3) is 0 Å². The van der Waals surface area contributed by atoms with E-state index in [0.717, 1.165) is 12.2 Å². The molecule has 1 atom stereocenters. The summed E-state index contributed by atoms with van der Waals surface area (Å²) in [6, 6.07) is 3.97. The minimum Gasteiger partial charge on any atom is -0.468 e. The maximum absolute atomic E-state index is 6.05. The Morgan fingerprint density at radius 3 is 2.05 bits per heavy atom. The first-order valence-corrected chi connectivity index (χ1v) is 8.13. The molecule has 1 aromatic heterocycles. The van der Waals surface area contributed by atoms with Crippen molar-refractivity contribution in [2.75, 3.05) is 0 Å². The lowest BCUT2D eigenvalue weighted by atomic mass is 10.0. The van der Waals surface area contributed by atoms with Gasteiger partial charge in [-0.25, -0.2) is 0 Å². The average Bonchev–Trinajstić information content (AvgIpc) is 2.95. The highest BCUT2D eigenvalue weighted by atomic mass is 16.3. The first-order chi connectivity index (χ1) is 9.34. The molecule has 2 N–H and O–H groups in total. The zero-order valence-corrected chi connectivity index (χ0v) is 12.6. The summed E-state index contributed by atoms with van der Waals surface area (Å²) in [5.41, 5.74) is 6.05. The SMILES string of the molecule is CCCCCCCCCCCCC(N)c1ccco1. The molecule has 0 aromatic carbocycles. The van der Waals surface area contributed by atoms with E-state index in [-0.39, 0.29) is 6.04 Å². The number of hydrogen-bond acceptors (Lipinski definition) is 2. The molecule has 0 aliphatic carbocycles. The lowest BCUT2D eigenvalue weighted by molar-refractivity contribution is 0.438. The first kappa shape index (κ1) is 16.3. The minimum atomic E-state index is 0.0871. The van der Waals surface area contributed by atoms with Crippen LogP contribution in [0.15, 0.2) is 22.8 Å². The third kappa shape index (κ3) is 8.10. The minimum absolute atomic E-state index is 0.0871. The summed E-state index contributed by atoms with van der Waals surface area (Å²) >= 11 is 0. The lowest BCUT2D eigenvalue weighted by Gasteiger charge is -2.08. The fraction of sp³-hybridized carbons (Fsp3) is 0.765. The molecular weight excluding hydrogens is 234 g/mol. The quantitative estimate of drug-likeness (QED) is 0.500. The molecule has 1 unspecified atom stereocenters. The van der Waals surface area contributed by atoms with E-state index >= 15 is 0 Å². The molecule has 2 nitrogen and oxygen atoms in total. The molecule has 0 bridgehead atoms. The number of furan rings is 1. The maximum Gasteiger partial charge on any atom is 0.120 e. The Bertz CT molecular complexity index is 281. The first-order valence-electron chi connectivity index (χ1n) is 8.13. The van der Waals surface area contributed by atoms with Crippen LogP contribution in [0.3, 0.4) is 0 Å². The number of nitrogens with two attached hydrogens (primary N) is 1. The van der Waals surface area contributed by atoms with Crippen molar-refractivity contribution in [1.82, 2.24) is 0 Å². The predicted octanol–water partition coefficient (Wildman–Crippen LogP) is 5.59. The molecule has 0 radical (unpaired) electrons. The Morgan fingerprint density at radius 1 is 0.947 bits per heavy atom. The summed E-state index contributed by atoms with van der Waals surface area (Å²) in [5.74, 6) is 0.927. The van der Waals surface area contributed by atoms with Gasteiger partial charge in [-0.15, -0.1) is 0 Å². The molecule has 0 amide bonds. The van der Waals surface area contributed by atoms with E-state index < -0.39 is 0 Å². The van der Waals surface area contributed by atoms with Crippen molar-refractivity contribution in [3.05, 3.63) is 24.2 Å². The van der Waals surface area contributed by atoms with Gasteiger partial charge in [-0.1, -0.05) is 71.1 Å². The summed E-state index contributed by atoms with van der Waals surface area (Å²) < 4.78 is 5.31. The van der Waals surface area contributed by atoms with Gasteiger partial charge in [0.15, 0.2) is 0 Å². The van der Waals surface area contributed by atoms with Gasteiger partial charge in [-0.05, 0) is 18.6 Å². The van der Waals surface area contributed by atoms with Crippen LogP contribution in [-0.2, 0) is 0 Å². The third-order valence-electron chi connectivity index (χ3n) is 3.78. The fourth-order valence-electron chi connectivity index (χ4n) is 2.50. The van der Waals surface area contributed by atoms with Gasteiger partial charge < -0.3 is 10.2 Å². The van der Waals surface area contributed by atoms with Crippen molar-refractivity contribution in [3.63, 3.8) is 0 Å². The Labute approximate surface area is 118 Å². The normalized spacial score (nSPS) is 12.7. The Morgan fingerprint density at radius 2 is 1.53 bits per heavy atom. The predicted molar refractivity (Wildman–Crippen MR) is 82.1 cm³/mol. The molecular formula is C17H31NO. The van der Waals surface area contributed by atoms with Gasteiger partial charge >= 0.3 is 0 Å². The summed E-state index contributed by atoms with van der Waals surface area (Å²) in [4.78, 5) is 0. The van der Waals surface area contributed by atoms with Gasteiger partial charge in [0.2, 0.25) is 0 Å². The molecule has 1 aromatic rings. The molecule has 1 rings (SSSR count). The summed E-state index contributed by atoms with van der Waals surface area (Å²) in [6.45, 7) is 2.27. The summed E-state index contributed by atoms with van der Waals surface area (Å²) in [6.07, 6.45) is 16.5. The van der Waals surface area contributed by atoms with Crippen molar-refractivity contribution in [2.24, 2.45) is 5.73 Å². The lowest BCUT2D eigenvalue weighted by Crippen LogP contribution is -2.08. The van der Waals surface area contributed by atoms with Crippen molar-refractivity contribution in [3.8, 4) is 0 Å². The molecule has 0 spiro atoms. The topological polar surface area (TPSA) is 39.2 Å². The zero-order valence-electron chi connectivity index (χ0n) is 12.6. The fourth-order valence-corrected chi connectivity index (χ4v) is 2.50. The highest BCUT2D eigenvalue weighted by Gasteiger charge is 2.07. The van der Waals surface area contributed by atoms with Gasteiger partial charge in [0.1, 0.15) is 5.76 Å². The van der Waals surface area contributed by atoms with Crippen molar-refractivity contribution < 1.29 is 4.42 Å². The summed E-state index contributed by atoms with van der Waals surface area (Å²) in [7, 11) is 0. The Hall–Kier alpha value is -0.760. The Balaban J connectivity index is 1.83. The second-order valence-corrected chi connectivity index (χ2v) is 5.59. The smallest absolute Gasteiger partial charge is 0.120 e. The number of unbranched alkanes of at least 4 members (excludes halogenated alkanes) is 9. The average molecular weight is 265 g/mol. The van der Waals surface area contributed by atoms with Crippen LogP contribution >= 0.6 is 0 Å². The van der Waals surface area contributed by atoms with Gasteiger partial charge in [0.25, 0.3) is 0 Å². The van der Waals surface area contributed by atoms with Crippen molar-refractivity contribution in [2.45, 2.75) is 83.6 Å². The molecule has 110 valence electrons. The second-order valence-electron chi connectivity index (χ2n) is 5.59. The van der Waals surface area contributed by atoms with Crippen LogP contribution in [0.1, 0.15) is 89.4 Å². The van der Waals surface area contributed by atoms with Gasteiger partial charge in [-0.3, -0.25) is 0 Å². The van der Waals surface area contributed by atoms with Crippen LogP contribution in [0.4, 0.5) is 0 Å². The van der Waals surface area contributed by atoms with E-state index in [1.165, 1.54) is 64.2 Å². The highest BCUT2D eigenvalue weighted by Crippen LogP contribution is 2.18. The molecule has 0 saturated carbocycles. The van der Waals surface area contributed by atoms with E-state index in [4.69, 9.17) is 10.2 Å². The molecule has 2 heteroatoms. The van der Waals surface area contributed by atoms with Gasteiger partial charge in [-0.2, -0.15) is 0 Å².